The van der Waals surface area contributed by atoms with Gasteiger partial charge >= 0.3 is 0 Å². The minimum atomic E-state index is -1.14. The molecule has 1 aromatic rings. The number of carbonyl (C=O) groups excluding carboxylic acids is 3. The zero-order valence-corrected chi connectivity index (χ0v) is 15.5. The molecule has 0 aliphatic carbocycles. The molecule has 6 heteroatoms. The van der Waals surface area contributed by atoms with Crippen LogP contribution in [0.25, 0.3) is 0 Å². The van der Waals surface area contributed by atoms with Gasteiger partial charge in [0, 0.05) is 23.8 Å². The highest BCUT2D eigenvalue weighted by Crippen LogP contribution is 2.53. The molecule has 2 saturated heterocycles. The summed E-state index contributed by atoms with van der Waals surface area (Å²) in [5.74, 6) is -1.73. The van der Waals surface area contributed by atoms with Crippen molar-refractivity contribution in [2.24, 2.45) is 11.8 Å². The molecule has 6 nitrogen and oxygen atoms in total. The number of likely N-dealkylation sites (tertiary alicyclic amines) is 1. The van der Waals surface area contributed by atoms with Gasteiger partial charge in [-0.05, 0) is 25.3 Å². The van der Waals surface area contributed by atoms with Crippen LogP contribution in [0.4, 0.5) is 5.69 Å². The second-order valence-electron chi connectivity index (χ2n) is 7.57. The lowest BCUT2D eigenvalue weighted by Crippen LogP contribution is -2.52. The second kappa shape index (κ2) is 5.91. The Bertz CT molecular complexity index is 805. The summed E-state index contributed by atoms with van der Waals surface area (Å²) in [5.41, 5.74) is 1.51. The Morgan fingerprint density at radius 1 is 1.15 bits per heavy atom. The summed E-state index contributed by atoms with van der Waals surface area (Å²) in [6.45, 7) is 6.41. The maximum Gasteiger partial charge on any atom is 0.250 e. The van der Waals surface area contributed by atoms with Crippen molar-refractivity contribution in [1.82, 2.24) is 10.2 Å². The molecule has 1 spiro atoms. The zero-order chi connectivity index (χ0) is 18.6. The Morgan fingerprint density at radius 2 is 1.92 bits per heavy atom. The molecule has 0 radical (unpaired) electrons. The molecule has 4 atom stereocenters. The summed E-state index contributed by atoms with van der Waals surface area (Å²) >= 11 is 0. The Kier molecular flexibility index (Phi) is 3.91. The fourth-order valence-electron chi connectivity index (χ4n) is 4.94. The van der Waals surface area contributed by atoms with Crippen molar-refractivity contribution in [1.29, 1.82) is 0 Å². The maximum absolute atomic E-state index is 13.2. The highest BCUT2D eigenvalue weighted by molar-refractivity contribution is 6.15. The predicted molar refractivity (Wildman–Crippen MR) is 97.3 cm³/mol. The third-order valence-electron chi connectivity index (χ3n) is 6.19. The van der Waals surface area contributed by atoms with Gasteiger partial charge in [-0.2, -0.15) is 0 Å². The second-order valence-corrected chi connectivity index (χ2v) is 7.57. The van der Waals surface area contributed by atoms with Crippen molar-refractivity contribution in [2.75, 3.05) is 11.9 Å². The number of para-hydroxylation sites is 1. The van der Waals surface area contributed by atoms with Crippen molar-refractivity contribution in [3.05, 3.63) is 29.3 Å². The number of unbranched alkanes of at least 4 members (excludes halogenated alkanes) is 1. The van der Waals surface area contributed by atoms with Crippen LogP contribution in [-0.4, -0.2) is 35.2 Å². The SMILES string of the molecule is CCCCN1C(=O)[C@H]2[C@@H](C1=O)[C@@]1(N[C@@H]2C)C(=O)Nc2c(CC)cccc21. The van der Waals surface area contributed by atoms with Crippen LogP contribution >= 0.6 is 0 Å². The molecule has 138 valence electrons. The Labute approximate surface area is 153 Å². The highest BCUT2D eigenvalue weighted by Gasteiger charge is 2.69. The lowest BCUT2D eigenvalue weighted by molar-refractivity contribution is -0.142. The Hall–Kier alpha value is -2.21. The largest absolute Gasteiger partial charge is 0.324 e. The van der Waals surface area contributed by atoms with Crippen LogP contribution in [0, 0.1) is 11.8 Å². The number of anilines is 1. The fourth-order valence-corrected chi connectivity index (χ4v) is 4.94. The van der Waals surface area contributed by atoms with Crippen molar-refractivity contribution in [3.8, 4) is 0 Å². The lowest BCUT2D eigenvalue weighted by Gasteiger charge is -2.29. The van der Waals surface area contributed by atoms with E-state index in [2.05, 4.69) is 10.6 Å². The van der Waals surface area contributed by atoms with E-state index in [1.807, 2.05) is 39.0 Å². The molecule has 0 saturated carbocycles. The topological polar surface area (TPSA) is 78.5 Å². The summed E-state index contributed by atoms with van der Waals surface area (Å²) in [4.78, 5) is 40.6. The summed E-state index contributed by atoms with van der Waals surface area (Å²) < 4.78 is 0. The molecule has 0 aromatic heterocycles. The number of benzene rings is 1. The number of hydrogen-bond donors (Lipinski definition) is 2. The first-order chi connectivity index (χ1) is 12.5. The minimum absolute atomic E-state index is 0.141. The van der Waals surface area contributed by atoms with E-state index in [0.717, 1.165) is 36.1 Å². The third-order valence-corrected chi connectivity index (χ3v) is 6.19. The van der Waals surface area contributed by atoms with Crippen molar-refractivity contribution in [3.63, 3.8) is 0 Å². The molecule has 3 amide bonds. The molecule has 0 unspecified atom stereocenters. The summed E-state index contributed by atoms with van der Waals surface area (Å²) in [6, 6.07) is 5.59. The van der Waals surface area contributed by atoms with Crippen LogP contribution in [0.1, 0.15) is 44.7 Å². The van der Waals surface area contributed by atoms with E-state index in [0.29, 0.717) is 6.54 Å². The number of nitrogens with zero attached hydrogens (tertiary/aromatic N) is 1. The van der Waals surface area contributed by atoms with Crippen molar-refractivity contribution in [2.45, 2.75) is 51.6 Å². The zero-order valence-electron chi connectivity index (χ0n) is 15.5. The highest BCUT2D eigenvalue weighted by atomic mass is 16.2. The van der Waals surface area contributed by atoms with Gasteiger partial charge in [-0.25, -0.2) is 0 Å². The molecular weight excluding hydrogens is 330 g/mol. The minimum Gasteiger partial charge on any atom is -0.324 e. The molecule has 1 aromatic carbocycles. The number of carbonyl (C=O) groups is 3. The van der Waals surface area contributed by atoms with Gasteiger partial charge in [0.2, 0.25) is 17.7 Å². The first kappa shape index (κ1) is 17.2. The lowest BCUT2D eigenvalue weighted by atomic mass is 9.76. The normalized spacial score (nSPS) is 32.3. The molecule has 2 fully saturated rings. The average molecular weight is 355 g/mol. The number of rotatable bonds is 4. The van der Waals surface area contributed by atoms with Crippen LogP contribution in [-0.2, 0) is 26.3 Å². The molecule has 3 aliphatic rings. The molecule has 26 heavy (non-hydrogen) atoms. The molecule has 0 bridgehead atoms. The summed E-state index contributed by atoms with van der Waals surface area (Å²) in [6.07, 6.45) is 2.49. The Morgan fingerprint density at radius 3 is 2.62 bits per heavy atom. The molecular formula is C20H25N3O3. The standard InChI is InChI=1S/C20H25N3O3/c1-4-6-10-23-17(24)14-11(3)22-20(15(14)18(23)25)13-9-7-8-12(5-2)16(13)21-19(20)26/h7-9,11,14-15,22H,4-6,10H2,1-3H3,(H,21,26)/t11-,14-,15+,20-/m1/s1. The number of amides is 3. The van der Waals surface area contributed by atoms with Gasteiger partial charge in [0.05, 0.1) is 11.8 Å². The van der Waals surface area contributed by atoms with Gasteiger partial charge in [0.1, 0.15) is 5.54 Å². The van der Waals surface area contributed by atoms with Gasteiger partial charge in [-0.1, -0.05) is 38.5 Å². The third kappa shape index (κ3) is 1.99. The summed E-state index contributed by atoms with van der Waals surface area (Å²) in [5, 5.41) is 6.34. The number of nitrogens with one attached hydrogen (secondary N) is 2. The van der Waals surface area contributed by atoms with Crippen molar-refractivity contribution >= 4 is 23.4 Å². The van der Waals surface area contributed by atoms with E-state index in [-0.39, 0.29) is 23.8 Å². The van der Waals surface area contributed by atoms with Crippen LogP contribution < -0.4 is 10.6 Å². The van der Waals surface area contributed by atoms with E-state index in [4.69, 9.17) is 0 Å². The van der Waals surface area contributed by atoms with E-state index >= 15 is 0 Å². The maximum atomic E-state index is 13.2. The van der Waals surface area contributed by atoms with E-state index in [1.165, 1.54) is 4.90 Å². The number of hydrogen-bond acceptors (Lipinski definition) is 4. The smallest absolute Gasteiger partial charge is 0.250 e. The van der Waals surface area contributed by atoms with Crippen LogP contribution in [0.15, 0.2) is 18.2 Å². The van der Waals surface area contributed by atoms with Gasteiger partial charge in [0.15, 0.2) is 0 Å². The Balaban J connectivity index is 1.83. The van der Waals surface area contributed by atoms with Gasteiger partial charge in [-0.3, -0.25) is 24.6 Å². The van der Waals surface area contributed by atoms with Gasteiger partial charge in [-0.15, -0.1) is 0 Å². The van der Waals surface area contributed by atoms with Crippen LogP contribution in [0.2, 0.25) is 0 Å². The first-order valence-electron chi connectivity index (χ1n) is 9.54. The molecule has 3 heterocycles. The number of imide groups is 1. The quantitative estimate of drug-likeness (QED) is 0.807. The van der Waals surface area contributed by atoms with Crippen LogP contribution in [0.3, 0.4) is 0 Å². The van der Waals surface area contributed by atoms with E-state index < -0.39 is 17.4 Å². The average Bonchev–Trinajstić information content (AvgIpc) is 3.18. The molecule has 2 N–H and O–H groups in total. The summed E-state index contributed by atoms with van der Waals surface area (Å²) in [7, 11) is 0. The van der Waals surface area contributed by atoms with Crippen molar-refractivity contribution < 1.29 is 14.4 Å². The van der Waals surface area contributed by atoms with Gasteiger partial charge < -0.3 is 5.32 Å². The van der Waals surface area contributed by atoms with E-state index in [9.17, 15) is 14.4 Å². The van der Waals surface area contributed by atoms with Gasteiger partial charge in [0.25, 0.3) is 0 Å². The number of fused-ring (bicyclic) bond motifs is 4. The monoisotopic (exact) mass is 355 g/mol. The fraction of sp³-hybridized carbons (Fsp3) is 0.550. The van der Waals surface area contributed by atoms with Crippen LogP contribution in [0.5, 0.6) is 0 Å². The predicted octanol–water partition coefficient (Wildman–Crippen LogP) is 1.79. The number of aryl methyl sites for hydroxylation is 1. The van der Waals surface area contributed by atoms with E-state index in [1.54, 1.807) is 0 Å². The molecule has 4 rings (SSSR count). The molecule has 3 aliphatic heterocycles. The first-order valence-corrected chi connectivity index (χ1v) is 9.54.